The summed E-state index contributed by atoms with van der Waals surface area (Å²) in [5.74, 6) is 0. The number of ether oxygens (including phenoxy) is 2. The van der Waals surface area contributed by atoms with Crippen molar-refractivity contribution in [1.29, 1.82) is 0 Å². The quantitative estimate of drug-likeness (QED) is 0.546. The molecule has 1 saturated carbocycles. The molecule has 0 unspecified atom stereocenters. The third-order valence-electron chi connectivity index (χ3n) is 3.97. The van der Waals surface area contributed by atoms with Crippen molar-refractivity contribution in [3.63, 3.8) is 0 Å². The highest BCUT2D eigenvalue weighted by molar-refractivity contribution is 8.22. The molecule has 0 bridgehead atoms. The summed E-state index contributed by atoms with van der Waals surface area (Å²) >= 11 is 13.5. The maximum absolute atomic E-state index is 6.00. The Morgan fingerprint density at radius 1 is 0.682 bits per heavy atom. The van der Waals surface area contributed by atoms with Crippen molar-refractivity contribution in [3.8, 4) is 0 Å². The topological polar surface area (TPSA) is 18.5 Å². The normalized spacial score (nSPS) is 24.6. The zero-order valence-corrected chi connectivity index (χ0v) is 16.9. The van der Waals surface area contributed by atoms with Crippen LogP contribution in [0.5, 0.6) is 0 Å². The van der Waals surface area contributed by atoms with Crippen LogP contribution in [0.3, 0.4) is 0 Å². The second-order valence-electron chi connectivity index (χ2n) is 5.63. The zero-order valence-electron chi connectivity index (χ0n) is 13.7. The van der Waals surface area contributed by atoms with Crippen LogP contribution in [-0.4, -0.2) is 33.5 Å². The minimum atomic E-state index is 0.0319. The van der Waals surface area contributed by atoms with Crippen LogP contribution in [0.25, 0.3) is 0 Å². The molecule has 0 N–H and O–H groups in total. The van der Waals surface area contributed by atoms with E-state index in [0.717, 1.165) is 12.8 Å². The smallest absolute Gasteiger partial charge is 0.220 e. The molecule has 0 saturated heterocycles. The van der Waals surface area contributed by atoms with Gasteiger partial charge in [-0.3, -0.25) is 0 Å². The second kappa shape index (κ2) is 12.8. The summed E-state index contributed by atoms with van der Waals surface area (Å²) in [6.07, 6.45) is 16.3. The maximum atomic E-state index is 6.00. The van der Waals surface area contributed by atoms with E-state index >= 15 is 0 Å². The van der Waals surface area contributed by atoms with E-state index in [2.05, 4.69) is 0 Å². The molecule has 0 aromatic rings. The first-order valence-corrected chi connectivity index (χ1v) is 11.4. The van der Waals surface area contributed by atoms with Crippen molar-refractivity contribution < 1.29 is 9.47 Å². The Morgan fingerprint density at radius 2 is 1.00 bits per heavy atom. The third-order valence-corrected chi connectivity index (χ3v) is 6.02. The average Bonchev–Trinajstić information content (AvgIpc) is 2.52. The largest absolute Gasteiger partial charge is 0.471 e. The zero-order chi connectivity index (χ0) is 16.2. The van der Waals surface area contributed by atoms with Crippen LogP contribution in [0.15, 0.2) is 0 Å². The van der Waals surface area contributed by atoms with E-state index in [-0.39, 0.29) is 12.2 Å². The molecular weight excluding hydrogens is 352 g/mol. The molecule has 0 heterocycles. The molecule has 2 nitrogen and oxygen atoms in total. The van der Waals surface area contributed by atoms with Gasteiger partial charge in [-0.15, -0.1) is 0 Å². The van der Waals surface area contributed by atoms with E-state index in [0.29, 0.717) is 8.77 Å². The van der Waals surface area contributed by atoms with E-state index in [1.807, 2.05) is 12.5 Å². The van der Waals surface area contributed by atoms with Gasteiger partial charge >= 0.3 is 0 Å². The van der Waals surface area contributed by atoms with Gasteiger partial charge in [0.25, 0.3) is 0 Å². The fraction of sp³-hybridized carbons (Fsp3) is 0.875. The highest BCUT2D eigenvalue weighted by Crippen LogP contribution is 2.24. The monoisotopic (exact) mass is 380 g/mol. The van der Waals surface area contributed by atoms with Crippen LogP contribution in [0.1, 0.15) is 64.2 Å². The Kier molecular flexibility index (Phi) is 12.0. The van der Waals surface area contributed by atoms with Crippen molar-refractivity contribution in [3.05, 3.63) is 0 Å². The lowest BCUT2D eigenvalue weighted by Gasteiger charge is -2.28. The van der Waals surface area contributed by atoms with Gasteiger partial charge < -0.3 is 9.47 Å². The minimum absolute atomic E-state index is 0.0319. The summed E-state index contributed by atoms with van der Waals surface area (Å²) in [6.45, 7) is 0. The fourth-order valence-electron chi connectivity index (χ4n) is 2.74. The predicted octanol–water partition coefficient (Wildman–Crippen LogP) is 5.97. The SMILES string of the molecule is CSC(=S)O[C@H]1CCCCCCCCCC[C@H]1OC(=S)SC. The van der Waals surface area contributed by atoms with Crippen molar-refractivity contribution >= 4 is 56.7 Å². The lowest BCUT2D eigenvalue weighted by atomic mass is 9.97. The highest BCUT2D eigenvalue weighted by atomic mass is 32.2. The predicted molar refractivity (Wildman–Crippen MR) is 108 cm³/mol. The molecule has 0 aliphatic heterocycles. The molecular formula is C16H28O2S4. The molecule has 0 spiro atoms. The van der Waals surface area contributed by atoms with Gasteiger partial charge in [-0.05, 0) is 62.6 Å². The summed E-state index contributed by atoms with van der Waals surface area (Å²) in [4.78, 5) is 0. The van der Waals surface area contributed by atoms with Crippen LogP contribution in [0.2, 0.25) is 0 Å². The van der Waals surface area contributed by atoms with Crippen molar-refractivity contribution in [2.45, 2.75) is 76.4 Å². The highest BCUT2D eigenvalue weighted by Gasteiger charge is 2.26. The maximum Gasteiger partial charge on any atom is 0.220 e. The van der Waals surface area contributed by atoms with E-state index < -0.39 is 0 Å². The number of rotatable bonds is 2. The first-order chi connectivity index (χ1) is 10.7. The molecule has 1 fully saturated rings. The Hall–Kier alpha value is 0.480. The van der Waals surface area contributed by atoms with E-state index in [4.69, 9.17) is 33.9 Å². The van der Waals surface area contributed by atoms with Gasteiger partial charge in [0, 0.05) is 0 Å². The number of hydrogen-bond acceptors (Lipinski definition) is 6. The summed E-state index contributed by atoms with van der Waals surface area (Å²) in [6, 6.07) is 0. The Morgan fingerprint density at radius 3 is 1.32 bits per heavy atom. The van der Waals surface area contributed by atoms with Crippen LogP contribution in [0, 0.1) is 0 Å². The Balaban J connectivity index is 2.70. The summed E-state index contributed by atoms with van der Waals surface area (Å²) < 4.78 is 13.2. The van der Waals surface area contributed by atoms with Crippen molar-refractivity contribution in [2.75, 3.05) is 12.5 Å². The number of thioether (sulfide) groups is 2. The standard InChI is InChI=1S/C16H28O2S4/c1-21-15(19)17-13-11-9-7-5-3-4-6-8-10-12-14(13)18-16(20)22-2/h13-14H,3-12H2,1-2H3/t13-,14+. The summed E-state index contributed by atoms with van der Waals surface area (Å²) in [5.41, 5.74) is 0. The molecule has 6 heteroatoms. The molecule has 2 atom stereocenters. The first kappa shape index (κ1) is 20.5. The molecule has 1 rings (SSSR count). The van der Waals surface area contributed by atoms with Crippen molar-refractivity contribution in [1.82, 2.24) is 0 Å². The van der Waals surface area contributed by atoms with Crippen molar-refractivity contribution in [2.24, 2.45) is 0 Å². The molecule has 0 amide bonds. The molecule has 1 aliphatic rings. The van der Waals surface area contributed by atoms with Crippen LogP contribution < -0.4 is 0 Å². The van der Waals surface area contributed by atoms with Gasteiger partial charge in [-0.25, -0.2) is 0 Å². The molecule has 128 valence electrons. The molecule has 0 aromatic carbocycles. The van der Waals surface area contributed by atoms with E-state index in [9.17, 15) is 0 Å². The Labute approximate surface area is 154 Å². The lowest BCUT2D eigenvalue weighted by molar-refractivity contribution is 0.0338. The van der Waals surface area contributed by atoms with Crippen LogP contribution in [0.4, 0.5) is 0 Å². The molecule has 22 heavy (non-hydrogen) atoms. The summed E-state index contributed by atoms with van der Waals surface area (Å²) in [7, 11) is 0. The lowest BCUT2D eigenvalue weighted by Crippen LogP contribution is -2.34. The Bertz CT molecular complexity index is 304. The molecule has 0 radical (unpaired) electrons. The van der Waals surface area contributed by atoms with E-state index in [1.54, 1.807) is 0 Å². The summed E-state index contributed by atoms with van der Waals surface area (Å²) in [5, 5.41) is 0. The van der Waals surface area contributed by atoms with Crippen LogP contribution >= 0.6 is 48.0 Å². The van der Waals surface area contributed by atoms with Gasteiger partial charge in [0.05, 0.1) is 0 Å². The van der Waals surface area contributed by atoms with Gasteiger partial charge in [0.1, 0.15) is 12.2 Å². The van der Waals surface area contributed by atoms with Gasteiger partial charge in [0.15, 0.2) is 0 Å². The molecule has 0 aromatic heterocycles. The number of thiocarbonyl (C=S) groups is 2. The van der Waals surface area contributed by atoms with Gasteiger partial charge in [0.2, 0.25) is 8.77 Å². The minimum Gasteiger partial charge on any atom is -0.471 e. The van der Waals surface area contributed by atoms with Gasteiger partial charge in [-0.2, -0.15) is 0 Å². The van der Waals surface area contributed by atoms with Crippen LogP contribution in [-0.2, 0) is 9.47 Å². The third kappa shape index (κ3) is 8.94. The average molecular weight is 381 g/mol. The van der Waals surface area contributed by atoms with E-state index in [1.165, 1.54) is 74.9 Å². The second-order valence-corrected chi connectivity index (χ2v) is 8.44. The van der Waals surface area contributed by atoms with Gasteiger partial charge in [-0.1, -0.05) is 62.0 Å². The molecule has 1 aliphatic carbocycles. The first-order valence-electron chi connectivity index (χ1n) is 8.16. The fourth-order valence-corrected chi connectivity index (χ4v) is 3.42. The number of hydrogen-bond donors (Lipinski definition) is 0.